The number of hydrogen-bond acceptors (Lipinski definition) is 3. The molecular weight excluding hydrogens is 130 g/mol. The lowest BCUT2D eigenvalue weighted by molar-refractivity contribution is -0.118. The molecule has 0 radical (unpaired) electrons. The third kappa shape index (κ3) is 3.58. The van der Waals surface area contributed by atoms with Crippen LogP contribution < -0.4 is 0 Å². The fraction of sp³-hybridized carbons (Fsp3) is 0.857. The van der Waals surface area contributed by atoms with Gasteiger partial charge in [0.1, 0.15) is 5.78 Å². The van der Waals surface area contributed by atoms with Crippen molar-refractivity contribution in [3.63, 3.8) is 0 Å². The van der Waals surface area contributed by atoms with E-state index >= 15 is 0 Å². The molecule has 0 saturated carbocycles. The Kier molecular flexibility index (Phi) is 4.23. The Morgan fingerprint density at radius 2 is 2.20 bits per heavy atom. The molecule has 0 aliphatic carbocycles. The van der Waals surface area contributed by atoms with Crippen molar-refractivity contribution in [3.05, 3.63) is 0 Å². The van der Waals surface area contributed by atoms with E-state index in [4.69, 9.17) is 5.11 Å². The Morgan fingerprint density at radius 3 is 2.50 bits per heavy atom. The summed E-state index contributed by atoms with van der Waals surface area (Å²) in [6.07, 6.45) is 0. The largest absolute Gasteiger partial charge is 0.395 e. The first kappa shape index (κ1) is 9.59. The van der Waals surface area contributed by atoms with Crippen LogP contribution in [0.4, 0.5) is 0 Å². The van der Waals surface area contributed by atoms with Gasteiger partial charge in [-0.15, -0.1) is 0 Å². The molecule has 0 aliphatic heterocycles. The van der Waals surface area contributed by atoms with Crippen molar-refractivity contribution in [2.24, 2.45) is 0 Å². The van der Waals surface area contributed by atoms with Gasteiger partial charge in [-0.2, -0.15) is 0 Å². The summed E-state index contributed by atoms with van der Waals surface area (Å²) in [6.45, 7) is 3.94. The highest BCUT2D eigenvalue weighted by Gasteiger charge is 2.08. The van der Waals surface area contributed by atoms with Gasteiger partial charge in [0.05, 0.1) is 13.2 Å². The maximum atomic E-state index is 10.6. The van der Waals surface area contributed by atoms with Gasteiger partial charge in [-0.25, -0.2) is 0 Å². The second-order valence-electron chi connectivity index (χ2n) is 2.65. The van der Waals surface area contributed by atoms with Crippen LogP contribution in [0, 0.1) is 0 Å². The van der Waals surface area contributed by atoms with Crippen LogP contribution in [-0.4, -0.2) is 42.0 Å². The van der Waals surface area contributed by atoms with E-state index in [0.717, 1.165) is 0 Å². The topological polar surface area (TPSA) is 40.5 Å². The van der Waals surface area contributed by atoms with Gasteiger partial charge >= 0.3 is 0 Å². The molecule has 0 fully saturated rings. The third-order valence-electron chi connectivity index (χ3n) is 1.49. The first-order valence-corrected chi connectivity index (χ1v) is 3.38. The van der Waals surface area contributed by atoms with E-state index in [-0.39, 0.29) is 18.4 Å². The Labute approximate surface area is 61.6 Å². The number of ketones is 1. The van der Waals surface area contributed by atoms with Crippen LogP contribution in [0.25, 0.3) is 0 Å². The van der Waals surface area contributed by atoms with Crippen LogP contribution in [-0.2, 0) is 4.79 Å². The summed E-state index contributed by atoms with van der Waals surface area (Å²) in [6, 6.07) is 0.0731. The van der Waals surface area contributed by atoms with E-state index in [1.165, 1.54) is 0 Å². The van der Waals surface area contributed by atoms with Crippen molar-refractivity contribution in [1.29, 1.82) is 0 Å². The fourth-order valence-electron chi connectivity index (χ4n) is 0.646. The van der Waals surface area contributed by atoms with Crippen LogP contribution in [0.15, 0.2) is 0 Å². The minimum Gasteiger partial charge on any atom is -0.395 e. The second kappa shape index (κ2) is 4.41. The average molecular weight is 145 g/mol. The number of nitrogens with zero attached hydrogens (tertiary/aromatic N) is 1. The lowest BCUT2D eigenvalue weighted by Gasteiger charge is -2.20. The molecule has 1 unspecified atom stereocenters. The van der Waals surface area contributed by atoms with Gasteiger partial charge in [0.25, 0.3) is 0 Å². The van der Waals surface area contributed by atoms with Crippen molar-refractivity contribution < 1.29 is 9.90 Å². The van der Waals surface area contributed by atoms with Crippen LogP contribution >= 0.6 is 0 Å². The van der Waals surface area contributed by atoms with Crippen molar-refractivity contribution in [2.75, 3.05) is 20.2 Å². The van der Waals surface area contributed by atoms with Gasteiger partial charge in [-0.1, -0.05) is 0 Å². The normalized spacial score (nSPS) is 13.7. The van der Waals surface area contributed by atoms with Gasteiger partial charge in [-0.3, -0.25) is 9.69 Å². The van der Waals surface area contributed by atoms with E-state index in [0.29, 0.717) is 6.54 Å². The van der Waals surface area contributed by atoms with Crippen LogP contribution in [0.3, 0.4) is 0 Å². The fourth-order valence-corrected chi connectivity index (χ4v) is 0.646. The molecule has 0 rings (SSSR count). The number of aliphatic hydroxyl groups excluding tert-OH is 1. The summed E-state index contributed by atoms with van der Waals surface area (Å²) < 4.78 is 0. The molecule has 0 saturated heterocycles. The zero-order valence-corrected chi connectivity index (χ0v) is 6.79. The van der Waals surface area contributed by atoms with E-state index in [2.05, 4.69) is 0 Å². The van der Waals surface area contributed by atoms with E-state index in [1.54, 1.807) is 6.92 Å². The monoisotopic (exact) mass is 145 g/mol. The highest BCUT2D eigenvalue weighted by molar-refractivity contribution is 5.77. The van der Waals surface area contributed by atoms with Crippen molar-refractivity contribution in [2.45, 2.75) is 19.9 Å². The van der Waals surface area contributed by atoms with Crippen LogP contribution in [0.2, 0.25) is 0 Å². The Morgan fingerprint density at radius 1 is 1.70 bits per heavy atom. The van der Waals surface area contributed by atoms with Crippen molar-refractivity contribution in [3.8, 4) is 0 Å². The third-order valence-corrected chi connectivity index (χ3v) is 1.49. The molecule has 0 spiro atoms. The molecule has 0 aliphatic rings. The Hall–Kier alpha value is -0.410. The molecule has 1 N–H and O–H groups in total. The predicted octanol–water partition coefficient (Wildman–Crippen LogP) is -0.112. The van der Waals surface area contributed by atoms with Crippen molar-refractivity contribution >= 4 is 5.78 Å². The molecule has 0 amide bonds. The first-order valence-electron chi connectivity index (χ1n) is 3.38. The summed E-state index contributed by atoms with van der Waals surface area (Å²) >= 11 is 0. The minimum atomic E-state index is 0.0731. The van der Waals surface area contributed by atoms with E-state index < -0.39 is 0 Å². The van der Waals surface area contributed by atoms with Gasteiger partial charge < -0.3 is 5.11 Å². The maximum Gasteiger partial charge on any atom is 0.143 e. The Balaban J connectivity index is 3.61. The number of carbonyl (C=O) groups is 1. The molecule has 0 aromatic carbocycles. The number of rotatable bonds is 4. The zero-order valence-electron chi connectivity index (χ0n) is 6.79. The quantitative estimate of drug-likeness (QED) is 0.600. The first-order chi connectivity index (χ1) is 4.57. The second-order valence-corrected chi connectivity index (χ2v) is 2.65. The summed E-state index contributed by atoms with van der Waals surface area (Å²) in [7, 11) is 1.82. The molecule has 0 aromatic heterocycles. The summed E-state index contributed by atoms with van der Waals surface area (Å²) in [4.78, 5) is 12.4. The molecule has 10 heavy (non-hydrogen) atoms. The number of likely N-dealkylation sites (N-methyl/N-ethyl adjacent to an activating group) is 1. The SMILES string of the molecule is CC(=O)CN(C)C(C)CO. The average Bonchev–Trinajstić information content (AvgIpc) is 1.85. The lowest BCUT2D eigenvalue weighted by atomic mass is 10.3. The molecule has 60 valence electrons. The highest BCUT2D eigenvalue weighted by Crippen LogP contribution is 1.92. The van der Waals surface area contributed by atoms with Gasteiger partial charge in [0.2, 0.25) is 0 Å². The molecule has 1 atom stereocenters. The number of hydrogen-bond donors (Lipinski definition) is 1. The molecule has 3 heteroatoms. The predicted molar refractivity (Wildman–Crippen MR) is 39.9 cm³/mol. The summed E-state index contributed by atoms with van der Waals surface area (Å²) in [5, 5.41) is 8.67. The van der Waals surface area contributed by atoms with Crippen LogP contribution in [0.1, 0.15) is 13.8 Å². The number of carbonyl (C=O) groups excluding carboxylic acids is 1. The van der Waals surface area contributed by atoms with Gasteiger partial charge in [-0.05, 0) is 20.9 Å². The summed E-state index contributed by atoms with van der Waals surface area (Å²) in [5.74, 6) is 0.128. The molecule has 0 bridgehead atoms. The molecule has 0 heterocycles. The smallest absolute Gasteiger partial charge is 0.143 e. The van der Waals surface area contributed by atoms with Gasteiger partial charge in [0, 0.05) is 6.04 Å². The van der Waals surface area contributed by atoms with Crippen LogP contribution in [0.5, 0.6) is 0 Å². The molecule has 3 nitrogen and oxygen atoms in total. The van der Waals surface area contributed by atoms with Gasteiger partial charge in [0.15, 0.2) is 0 Å². The maximum absolute atomic E-state index is 10.6. The summed E-state index contributed by atoms with van der Waals surface area (Å²) in [5.41, 5.74) is 0. The van der Waals surface area contributed by atoms with E-state index in [9.17, 15) is 4.79 Å². The zero-order chi connectivity index (χ0) is 8.15. The van der Waals surface area contributed by atoms with Crippen molar-refractivity contribution in [1.82, 2.24) is 4.90 Å². The lowest BCUT2D eigenvalue weighted by Crippen LogP contribution is -2.35. The minimum absolute atomic E-state index is 0.0731. The highest BCUT2D eigenvalue weighted by atomic mass is 16.3. The standard InChI is InChI=1S/C7H15NO2/c1-6(5-9)8(3)4-7(2)10/h6,9H,4-5H2,1-3H3. The van der Waals surface area contributed by atoms with E-state index in [1.807, 2.05) is 18.9 Å². The number of Topliss-reactive ketones (excluding diaryl/α,β-unsaturated/α-hetero) is 1. The number of aliphatic hydroxyl groups is 1. The molecule has 0 aromatic rings. The molecular formula is C7H15NO2. The Bertz CT molecular complexity index is 114.